The first-order valence-corrected chi connectivity index (χ1v) is 13.4. The molecule has 0 unspecified atom stereocenters. The van der Waals surface area contributed by atoms with Gasteiger partial charge in [-0.1, -0.05) is 42.5 Å². The summed E-state index contributed by atoms with van der Waals surface area (Å²) in [6, 6.07) is 23.9. The molecule has 1 atom stereocenters. The number of esters is 1. The molecular weight excluding hydrogens is 492 g/mol. The minimum atomic E-state index is -0.247. The fraction of sp³-hybridized carbons (Fsp3) is 0.312. The van der Waals surface area contributed by atoms with Gasteiger partial charge in [-0.2, -0.15) is 0 Å². The first kappa shape index (κ1) is 26.4. The number of nitrogens with zero attached hydrogens (tertiary/aromatic N) is 1. The van der Waals surface area contributed by atoms with Crippen LogP contribution in [-0.2, 0) is 27.4 Å². The molecule has 1 aliphatic heterocycles. The molecule has 2 heterocycles. The van der Waals surface area contributed by atoms with E-state index in [0.29, 0.717) is 38.8 Å². The van der Waals surface area contributed by atoms with Crippen LogP contribution < -0.4 is 9.47 Å². The van der Waals surface area contributed by atoms with Gasteiger partial charge in [-0.3, -0.25) is 9.59 Å². The summed E-state index contributed by atoms with van der Waals surface area (Å²) in [4.78, 5) is 30.6. The van der Waals surface area contributed by atoms with Crippen LogP contribution in [0, 0.1) is 0 Å². The molecule has 0 radical (unpaired) electrons. The molecule has 0 aliphatic carbocycles. The standard InChI is InChI=1S/C32H34N2O5/c1-37-25-16-17-28-27(20-25)26-18-19-34(29(35)10-6-7-11-30(36)38-2)32(31(26)33-28)23-12-14-24(15-13-23)39-21-22-8-4-3-5-9-22/h3-5,8-9,12-17,20,32-33H,6-7,10-11,18-19,21H2,1-2H3/t32-/m0/s1. The Kier molecular flexibility index (Phi) is 8.16. The fourth-order valence-corrected chi connectivity index (χ4v) is 5.29. The Bertz CT molecular complexity index is 1430. The topological polar surface area (TPSA) is 80.9 Å². The Morgan fingerprint density at radius 2 is 1.67 bits per heavy atom. The monoisotopic (exact) mass is 526 g/mol. The Morgan fingerprint density at radius 3 is 2.41 bits per heavy atom. The highest BCUT2D eigenvalue weighted by atomic mass is 16.5. The van der Waals surface area contributed by atoms with Gasteiger partial charge in [0.1, 0.15) is 18.1 Å². The number of ether oxygens (including phenoxy) is 3. The van der Waals surface area contributed by atoms with Gasteiger partial charge in [0.15, 0.2) is 0 Å². The van der Waals surface area contributed by atoms with Crippen molar-refractivity contribution >= 4 is 22.8 Å². The number of rotatable bonds is 10. The highest BCUT2D eigenvalue weighted by Gasteiger charge is 2.34. The van der Waals surface area contributed by atoms with Gasteiger partial charge in [0.2, 0.25) is 5.91 Å². The van der Waals surface area contributed by atoms with Crippen molar-refractivity contribution in [2.24, 2.45) is 0 Å². The molecule has 1 aliphatic rings. The van der Waals surface area contributed by atoms with E-state index in [2.05, 4.69) is 11.1 Å². The van der Waals surface area contributed by atoms with E-state index < -0.39 is 0 Å². The van der Waals surface area contributed by atoms with Crippen molar-refractivity contribution in [2.45, 2.75) is 44.8 Å². The molecule has 4 aromatic rings. The summed E-state index contributed by atoms with van der Waals surface area (Å²) in [7, 11) is 3.06. The van der Waals surface area contributed by atoms with Crippen LogP contribution in [0.15, 0.2) is 72.8 Å². The number of aromatic nitrogens is 1. The van der Waals surface area contributed by atoms with Gasteiger partial charge < -0.3 is 24.1 Å². The normalized spacial score (nSPS) is 14.6. The van der Waals surface area contributed by atoms with Crippen molar-refractivity contribution < 1.29 is 23.8 Å². The van der Waals surface area contributed by atoms with Crippen LogP contribution >= 0.6 is 0 Å². The second-order valence-electron chi connectivity index (χ2n) is 9.79. The van der Waals surface area contributed by atoms with Crippen LogP contribution in [0.3, 0.4) is 0 Å². The van der Waals surface area contributed by atoms with Crippen molar-refractivity contribution in [3.05, 3.63) is 95.2 Å². The van der Waals surface area contributed by atoms with Crippen molar-refractivity contribution in [3.8, 4) is 11.5 Å². The summed E-state index contributed by atoms with van der Waals surface area (Å²) in [5, 5.41) is 1.13. The summed E-state index contributed by atoms with van der Waals surface area (Å²) in [6.45, 7) is 1.11. The molecule has 0 bridgehead atoms. The third kappa shape index (κ3) is 5.93. The predicted octanol–water partition coefficient (Wildman–Crippen LogP) is 5.96. The fourth-order valence-electron chi connectivity index (χ4n) is 5.29. The van der Waals surface area contributed by atoms with Gasteiger partial charge in [0.05, 0.1) is 20.3 Å². The number of benzene rings is 3. The van der Waals surface area contributed by atoms with Crippen molar-refractivity contribution in [2.75, 3.05) is 20.8 Å². The van der Waals surface area contributed by atoms with Crippen LogP contribution in [0.25, 0.3) is 10.9 Å². The molecule has 1 N–H and O–H groups in total. The number of aromatic amines is 1. The van der Waals surface area contributed by atoms with Crippen LogP contribution in [0.4, 0.5) is 0 Å². The minimum absolute atomic E-state index is 0.0798. The average Bonchev–Trinajstić information content (AvgIpc) is 3.36. The smallest absolute Gasteiger partial charge is 0.305 e. The molecule has 39 heavy (non-hydrogen) atoms. The summed E-state index contributed by atoms with van der Waals surface area (Å²) < 4.78 is 16.2. The van der Waals surface area contributed by atoms with E-state index in [-0.39, 0.29) is 17.9 Å². The maximum Gasteiger partial charge on any atom is 0.305 e. The predicted molar refractivity (Wildman–Crippen MR) is 150 cm³/mol. The summed E-state index contributed by atoms with van der Waals surface area (Å²) in [6.07, 6.45) is 2.73. The second-order valence-corrected chi connectivity index (χ2v) is 9.79. The average molecular weight is 527 g/mol. The third-order valence-electron chi connectivity index (χ3n) is 7.35. The lowest BCUT2D eigenvalue weighted by Gasteiger charge is -2.36. The van der Waals surface area contributed by atoms with E-state index in [1.165, 1.54) is 12.7 Å². The molecule has 1 aromatic heterocycles. The molecule has 7 heteroatoms. The number of nitrogens with one attached hydrogen (secondary N) is 1. The molecule has 3 aromatic carbocycles. The van der Waals surface area contributed by atoms with Crippen molar-refractivity contribution in [1.82, 2.24) is 9.88 Å². The molecule has 0 saturated heterocycles. The van der Waals surface area contributed by atoms with E-state index in [1.807, 2.05) is 71.6 Å². The number of hydrogen-bond acceptors (Lipinski definition) is 5. The number of unbranched alkanes of at least 4 members (excludes halogenated alkanes) is 1. The molecule has 5 rings (SSSR count). The molecule has 1 amide bonds. The Balaban J connectivity index is 1.40. The number of H-pyrrole nitrogens is 1. The molecule has 7 nitrogen and oxygen atoms in total. The molecule has 0 spiro atoms. The lowest BCUT2D eigenvalue weighted by molar-refractivity contribution is -0.141. The SMILES string of the molecule is COC(=O)CCCCC(=O)N1CCc2c([nH]c3ccc(OC)cc23)[C@@H]1c1ccc(OCc2ccccc2)cc1. The zero-order valence-corrected chi connectivity index (χ0v) is 22.4. The number of carbonyl (C=O) groups excluding carboxylic acids is 2. The second kappa shape index (κ2) is 12.1. The maximum absolute atomic E-state index is 13.5. The molecule has 202 valence electrons. The maximum atomic E-state index is 13.5. The molecule has 0 saturated carbocycles. The first-order valence-electron chi connectivity index (χ1n) is 13.4. The van der Waals surface area contributed by atoms with E-state index in [1.54, 1.807) is 7.11 Å². The van der Waals surface area contributed by atoms with Crippen LogP contribution in [0.1, 0.15) is 54.1 Å². The van der Waals surface area contributed by atoms with E-state index >= 15 is 0 Å². The highest BCUT2D eigenvalue weighted by molar-refractivity contribution is 5.88. The quantitative estimate of drug-likeness (QED) is 0.204. The number of methoxy groups -OCH3 is 2. The number of carbonyl (C=O) groups is 2. The lowest BCUT2D eigenvalue weighted by Crippen LogP contribution is -2.40. The first-order chi connectivity index (χ1) is 19.1. The van der Waals surface area contributed by atoms with Crippen molar-refractivity contribution in [3.63, 3.8) is 0 Å². The summed E-state index contributed by atoms with van der Waals surface area (Å²) in [5.74, 6) is 1.42. The van der Waals surface area contributed by atoms with Gasteiger partial charge in [0, 0.05) is 36.0 Å². The van der Waals surface area contributed by atoms with Gasteiger partial charge in [-0.25, -0.2) is 0 Å². The number of amides is 1. The number of fused-ring (bicyclic) bond motifs is 3. The molecule has 0 fully saturated rings. The van der Waals surface area contributed by atoms with Gasteiger partial charge >= 0.3 is 5.97 Å². The summed E-state index contributed by atoms with van der Waals surface area (Å²) >= 11 is 0. The lowest BCUT2D eigenvalue weighted by atomic mass is 9.91. The van der Waals surface area contributed by atoms with Gasteiger partial charge in [-0.15, -0.1) is 0 Å². The largest absolute Gasteiger partial charge is 0.497 e. The van der Waals surface area contributed by atoms with E-state index in [0.717, 1.165) is 45.6 Å². The third-order valence-corrected chi connectivity index (χ3v) is 7.35. The number of hydrogen-bond donors (Lipinski definition) is 1. The van der Waals surface area contributed by atoms with Crippen LogP contribution in [0.5, 0.6) is 11.5 Å². The zero-order chi connectivity index (χ0) is 27.2. The Hall–Kier alpha value is -4.26. The zero-order valence-electron chi connectivity index (χ0n) is 22.4. The van der Waals surface area contributed by atoms with Gasteiger partial charge in [0.25, 0.3) is 0 Å². The van der Waals surface area contributed by atoms with Gasteiger partial charge in [-0.05, 0) is 66.3 Å². The van der Waals surface area contributed by atoms with E-state index in [9.17, 15) is 9.59 Å². The molecular formula is C32H34N2O5. The van der Waals surface area contributed by atoms with Crippen LogP contribution in [0.2, 0.25) is 0 Å². The van der Waals surface area contributed by atoms with Crippen LogP contribution in [-0.4, -0.2) is 42.5 Å². The Labute approximate surface area is 228 Å². The summed E-state index contributed by atoms with van der Waals surface area (Å²) in [5.41, 5.74) is 5.40. The minimum Gasteiger partial charge on any atom is -0.497 e. The van der Waals surface area contributed by atoms with E-state index in [4.69, 9.17) is 14.2 Å². The Morgan fingerprint density at radius 1 is 0.923 bits per heavy atom. The van der Waals surface area contributed by atoms with Crippen molar-refractivity contribution in [1.29, 1.82) is 0 Å². The highest BCUT2D eigenvalue weighted by Crippen LogP contribution is 2.40.